The van der Waals surface area contributed by atoms with Gasteiger partial charge < -0.3 is 15.7 Å². The molecule has 1 aliphatic rings. The van der Waals surface area contributed by atoms with Gasteiger partial charge in [0.25, 0.3) is 0 Å². The van der Waals surface area contributed by atoms with E-state index in [0.717, 1.165) is 5.56 Å². The Morgan fingerprint density at radius 1 is 1.30 bits per heavy atom. The van der Waals surface area contributed by atoms with E-state index in [1.807, 2.05) is 6.92 Å². The lowest BCUT2D eigenvalue weighted by atomic mass is 9.96. The number of nitrogens with one attached hydrogen (secondary N) is 2. The molecule has 0 saturated heterocycles. The zero-order valence-corrected chi connectivity index (χ0v) is 11.8. The summed E-state index contributed by atoms with van der Waals surface area (Å²) in [5, 5.41) is 15.0. The summed E-state index contributed by atoms with van der Waals surface area (Å²) in [6.07, 6.45) is 1.38. The number of carboxylic acid groups (broad SMARTS) is 1. The molecule has 3 N–H and O–H groups in total. The van der Waals surface area contributed by atoms with E-state index in [1.54, 1.807) is 31.3 Å². The second-order valence-electron chi connectivity index (χ2n) is 5.41. The molecular formula is C15H20N2O3. The molecule has 2 rings (SSSR count). The van der Waals surface area contributed by atoms with E-state index >= 15 is 0 Å². The van der Waals surface area contributed by atoms with Gasteiger partial charge in [-0.2, -0.15) is 0 Å². The summed E-state index contributed by atoms with van der Waals surface area (Å²) < 4.78 is 0. The molecule has 0 bridgehead atoms. The van der Waals surface area contributed by atoms with Gasteiger partial charge in [0.05, 0.1) is 5.41 Å². The van der Waals surface area contributed by atoms with Gasteiger partial charge in [-0.05, 0) is 37.6 Å². The van der Waals surface area contributed by atoms with Crippen molar-refractivity contribution in [1.82, 2.24) is 5.32 Å². The standard InChI is InChI=1S/C15H20N2O3/c1-10(9-16-2)13(18)17-12-5-3-11(4-6-12)15(7-8-15)14(19)20/h3-6,10,16H,7-9H2,1-2H3,(H,17,18)(H,19,20). The van der Waals surface area contributed by atoms with Crippen LogP contribution in [0.15, 0.2) is 24.3 Å². The van der Waals surface area contributed by atoms with Crippen LogP contribution in [0.5, 0.6) is 0 Å². The van der Waals surface area contributed by atoms with E-state index < -0.39 is 11.4 Å². The number of hydrogen-bond donors (Lipinski definition) is 3. The Bertz CT molecular complexity index is 506. The first-order valence-corrected chi connectivity index (χ1v) is 6.79. The van der Waals surface area contributed by atoms with Gasteiger partial charge in [0, 0.05) is 18.2 Å². The molecule has 1 aromatic rings. The van der Waals surface area contributed by atoms with Crippen molar-refractivity contribution in [2.24, 2.45) is 5.92 Å². The van der Waals surface area contributed by atoms with E-state index in [2.05, 4.69) is 10.6 Å². The van der Waals surface area contributed by atoms with Crippen LogP contribution in [0.1, 0.15) is 25.3 Å². The SMILES string of the molecule is CNCC(C)C(=O)Nc1ccc(C2(C(=O)O)CC2)cc1. The Morgan fingerprint density at radius 2 is 1.90 bits per heavy atom. The summed E-state index contributed by atoms with van der Waals surface area (Å²) in [6.45, 7) is 2.47. The Kier molecular flexibility index (Phi) is 4.09. The Hall–Kier alpha value is -1.88. The molecule has 1 unspecified atom stereocenters. The zero-order valence-electron chi connectivity index (χ0n) is 11.8. The van der Waals surface area contributed by atoms with Gasteiger partial charge in [0.1, 0.15) is 0 Å². The predicted molar refractivity (Wildman–Crippen MR) is 76.7 cm³/mol. The largest absolute Gasteiger partial charge is 0.481 e. The monoisotopic (exact) mass is 276 g/mol. The Morgan fingerprint density at radius 3 is 2.35 bits per heavy atom. The predicted octanol–water partition coefficient (Wildman–Crippen LogP) is 1.60. The zero-order chi connectivity index (χ0) is 14.8. The number of aliphatic carboxylic acids is 1. The fraction of sp³-hybridized carbons (Fsp3) is 0.467. The topological polar surface area (TPSA) is 78.4 Å². The average molecular weight is 276 g/mol. The molecule has 5 heteroatoms. The summed E-state index contributed by atoms with van der Waals surface area (Å²) in [5.41, 5.74) is 0.816. The first-order valence-electron chi connectivity index (χ1n) is 6.79. The van der Waals surface area contributed by atoms with Crippen LogP contribution >= 0.6 is 0 Å². The molecule has 0 heterocycles. The van der Waals surface area contributed by atoms with Crippen LogP contribution in [0.2, 0.25) is 0 Å². The van der Waals surface area contributed by atoms with Gasteiger partial charge in [-0.15, -0.1) is 0 Å². The summed E-state index contributed by atoms with van der Waals surface area (Å²) in [4.78, 5) is 23.1. The third kappa shape index (κ3) is 2.82. The molecule has 5 nitrogen and oxygen atoms in total. The number of carboxylic acids is 1. The Balaban J connectivity index is 2.02. The van der Waals surface area contributed by atoms with Crippen LogP contribution in [-0.2, 0) is 15.0 Å². The van der Waals surface area contributed by atoms with Crippen molar-refractivity contribution in [1.29, 1.82) is 0 Å². The number of anilines is 1. The maximum atomic E-state index is 11.9. The van der Waals surface area contributed by atoms with Crippen LogP contribution < -0.4 is 10.6 Å². The highest BCUT2D eigenvalue weighted by molar-refractivity contribution is 5.92. The highest BCUT2D eigenvalue weighted by Gasteiger charge is 2.51. The van der Waals surface area contributed by atoms with Gasteiger partial charge in [0.2, 0.25) is 5.91 Å². The molecule has 1 amide bonds. The van der Waals surface area contributed by atoms with Crippen molar-refractivity contribution in [3.05, 3.63) is 29.8 Å². The maximum Gasteiger partial charge on any atom is 0.314 e. The molecule has 0 aliphatic heterocycles. The number of carbonyl (C=O) groups excluding carboxylic acids is 1. The van der Waals surface area contributed by atoms with Crippen molar-refractivity contribution < 1.29 is 14.7 Å². The smallest absolute Gasteiger partial charge is 0.314 e. The summed E-state index contributed by atoms with van der Waals surface area (Å²) >= 11 is 0. The fourth-order valence-corrected chi connectivity index (χ4v) is 2.29. The van der Waals surface area contributed by atoms with Crippen molar-refractivity contribution >= 4 is 17.6 Å². The third-order valence-corrected chi connectivity index (χ3v) is 3.82. The minimum absolute atomic E-state index is 0.0496. The van der Waals surface area contributed by atoms with Crippen molar-refractivity contribution in [3.8, 4) is 0 Å². The number of benzene rings is 1. The number of rotatable bonds is 6. The Labute approximate surface area is 118 Å². The van der Waals surface area contributed by atoms with E-state index in [-0.39, 0.29) is 11.8 Å². The summed E-state index contributed by atoms with van der Waals surface area (Å²) in [7, 11) is 1.81. The highest BCUT2D eigenvalue weighted by Crippen LogP contribution is 2.48. The van der Waals surface area contributed by atoms with Crippen LogP contribution in [0.25, 0.3) is 0 Å². The van der Waals surface area contributed by atoms with Crippen molar-refractivity contribution in [2.45, 2.75) is 25.2 Å². The minimum Gasteiger partial charge on any atom is -0.481 e. The molecule has 0 spiro atoms. The summed E-state index contributed by atoms with van der Waals surface area (Å²) in [6, 6.07) is 7.11. The van der Waals surface area contributed by atoms with Crippen molar-refractivity contribution in [3.63, 3.8) is 0 Å². The van der Waals surface area contributed by atoms with Crippen LogP contribution in [0.4, 0.5) is 5.69 Å². The quantitative estimate of drug-likeness (QED) is 0.737. The first kappa shape index (κ1) is 14.5. The highest BCUT2D eigenvalue weighted by atomic mass is 16.4. The van der Waals surface area contributed by atoms with E-state index in [0.29, 0.717) is 25.1 Å². The van der Waals surface area contributed by atoms with Crippen LogP contribution in [-0.4, -0.2) is 30.6 Å². The van der Waals surface area contributed by atoms with Crippen molar-refractivity contribution in [2.75, 3.05) is 18.9 Å². The normalized spacial score (nSPS) is 17.3. The molecule has 1 atom stereocenters. The van der Waals surface area contributed by atoms with Gasteiger partial charge in [-0.25, -0.2) is 0 Å². The van der Waals surface area contributed by atoms with Gasteiger partial charge in [0.15, 0.2) is 0 Å². The molecule has 1 fully saturated rings. The lowest BCUT2D eigenvalue weighted by Gasteiger charge is -2.13. The van der Waals surface area contributed by atoms with Gasteiger partial charge in [-0.1, -0.05) is 19.1 Å². The molecule has 0 radical (unpaired) electrons. The third-order valence-electron chi connectivity index (χ3n) is 3.82. The minimum atomic E-state index is -0.767. The lowest BCUT2D eigenvalue weighted by Crippen LogP contribution is -2.28. The molecule has 0 aromatic heterocycles. The average Bonchev–Trinajstić information content (AvgIpc) is 3.21. The van der Waals surface area contributed by atoms with Crippen LogP contribution in [0.3, 0.4) is 0 Å². The van der Waals surface area contributed by atoms with E-state index in [4.69, 9.17) is 0 Å². The molecule has 1 saturated carbocycles. The molecule has 108 valence electrons. The number of hydrogen-bond acceptors (Lipinski definition) is 3. The molecule has 1 aromatic carbocycles. The second kappa shape index (κ2) is 5.63. The fourth-order valence-electron chi connectivity index (χ4n) is 2.29. The van der Waals surface area contributed by atoms with E-state index in [1.165, 1.54) is 0 Å². The second-order valence-corrected chi connectivity index (χ2v) is 5.41. The van der Waals surface area contributed by atoms with E-state index in [9.17, 15) is 14.7 Å². The summed E-state index contributed by atoms with van der Waals surface area (Å²) in [5.74, 6) is -0.933. The molecule has 20 heavy (non-hydrogen) atoms. The maximum absolute atomic E-state index is 11.9. The lowest BCUT2D eigenvalue weighted by molar-refractivity contribution is -0.140. The number of amides is 1. The number of carbonyl (C=O) groups is 2. The van der Waals surface area contributed by atoms with Crippen LogP contribution in [0, 0.1) is 5.92 Å². The van der Waals surface area contributed by atoms with Gasteiger partial charge >= 0.3 is 5.97 Å². The first-order chi connectivity index (χ1) is 9.49. The van der Waals surface area contributed by atoms with Gasteiger partial charge in [-0.3, -0.25) is 9.59 Å². The molecule has 1 aliphatic carbocycles. The molecular weight excluding hydrogens is 256 g/mol.